The lowest BCUT2D eigenvalue weighted by Crippen LogP contribution is -2.66. The molecule has 5 fully saturated rings. The van der Waals surface area contributed by atoms with Crippen LogP contribution in [0.2, 0.25) is 0 Å². The van der Waals surface area contributed by atoms with Crippen molar-refractivity contribution in [1.82, 2.24) is 26.3 Å². The van der Waals surface area contributed by atoms with Crippen LogP contribution < -0.4 is 32.9 Å². The first kappa shape index (κ1) is 27.9. The van der Waals surface area contributed by atoms with E-state index < -0.39 is 12.1 Å². The molecule has 6 rings (SSSR count). The Hall–Kier alpha value is -1.29. The second kappa shape index (κ2) is 12.3. The number of thioether (sulfide) groups is 1. The number of morpholine rings is 1. The van der Waals surface area contributed by atoms with Gasteiger partial charge in [-0.2, -0.15) is 5.48 Å². The Morgan fingerprint density at radius 2 is 1.95 bits per heavy atom. The molecule has 218 valence electrons. The van der Waals surface area contributed by atoms with E-state index >= 15 is 0 Å². The van der Waals surface area contributed by atoms with Crippen molar-refractivity contribution in [3.63, 3.8) is 0 Å². The highest BCUT2D eigenvalue weighted by atomic mass is 32.2. The molecule has 6 aliphatic rings. The highest BCUT2D eigenvalue weighted by Gasteiger charge is 2.50. The SMILES string of the molecule is NC(=O)C1NCC(N[C@H]2CCCC[C@H]2N)CC1NC1CC(C2COC3C(=O)C=C(N4CCOCC4)SC32)NO1. The summed E-state index contributed by atoms with van der Waals surface area (Å²) in [5, 5.41) is 11.7. The number of nitrogens with one attached hydrogen (secondary N) is 4. The molecule has 5 aliphatic heterocycles. The van der Waals surface area contributed by atoms with Gasteiger partial charge in [0.15, 0.2) is 5.78 Å². The Balaban J connectivity index is 1.06. The number of carbonyl (C=O) groups excluding carboxylic acids is 2. The zero-order valence-corrected chi connectivity index (χ0v) is 23.2. The van der Waals surface area contributed by atoms with Gasteiger partial charge in [-0.1, -0.05) is 12.8 Å². The number of hydroxylamine groups is 1. The minimum Gasteiger partial charge on any atom is -0.378 e. The second-order valence-electron chi connectivity index (χ2n) is 11.8. The third-order valence-corrected chi connectivity index (χ3v) is 10.6. The first-order valence-corrected chi connectivity index (χ1v) is 15.4. The van der Waals surface area contributed by atoms with Crippen molar-refractivity contribution in [2.75, 3.05) is 39.5 Å². The molecule has 1 aliphatic carbocycles. The van der Waals surface area contributed by atoms with E-state index in [1.165, 1.54) is 12.8 Å². The molecule has 0 aromatic carbocycles. The Morgan fingerprint density at radius 3 is 2.74 bits per heavy atom. The van der Waals surface area contributed by atoms with Gasteiger partial charge >= 0.3 is 0 Å². The molecule has 1 amide bonds. The van der Waals surface area contributed by atoms with Crippen LogP contribution >= 0.6 is 11.8 Å². The molecule has 4 saturated heterocycles. The maximum absolute atomic E-state index is 12.9. The number of carbonyl (C=O) groups is 2. The number of rotatable bonds is 7. The van der Waals surface area contributed by atoms with Crippen LogP contribution in [0.3, 0.4) is 0 Å². The Kier molecular flexibility index (Phi) is 8.78. The fraction of sp³-hybridized carbons (Fsp3) is 0.846. The molecule has 0 spiro atoms. The van der Waals surface area contributed by atoms with Crippen molar-refractivity contribution < 1.29 is 23.9 Å². The van der Waals surface area contributed by atoms with Crippen LogP contribution in [0.25, 0.3) is 0 Å². The minimum atomic E-state index is -0.474. The van der Waals surface area contributed by atoms with E-state index in [-0.39, 0.29) is 53.3 Å². The molecule has 39 heavy (non-hydrogen) atoms. The quantitative estimate of drug-likeness (QED) is 0.212. The third-order valence-electron chi connectivity index (χ3n) is 9.16. The fourth-order valence-electron chi connectivity index (χ4n) is 6.99. The monoisotopic (exact) mass is 565 g/mol. The summed E-state index contributed by atoms with van der Waals surface area (Å²) in [6.45, 7) is 4.13. The highest BCUT2D eigenvalue weighted by Crippen LogP contribution is 2.43. The maximum Gasteiger partial charge on any atom is 0.236 e. The summed E-state index contributed by atoms with van der Waals surface area (Å²) in [6.07, 6.45) is 7.02. The largest absolute Gasteiger partial charge is 0.378 e. The number of primary amides is 1. The number of ether oxygens (including phenoxy) is 2. The van der Waals surface area contributed by atoms with Gasteiger partial charge < -0.3 is 36.5 Å². The van der Waals surface area contributed by atoms with E-state index in [9.17, 15) is 9.59 Å². The van der Waals surface area contributed by atoms with E-state index in [2.05, 4.69) is 26.3 Å². The normalized spacial score (nSPS) is 43.3. The van der Waals surface area contributed by atoms with Gasteiger partial charge in [0, 0.05) is 68.3 Å². The number of nitrogens with zero attached hydrogens (tertiary/aromatic N) is 1. The van der Waals surface area contributed by atoms with Crippen molar-refractivity contribution in [2.45, 2.75) is 92.4 Å². The van der Waals surface area contributed by atoms with Crippen LogP contribution in [0.1, 0.15) is 38.5 Å². The maximum atomic E-state index is 12.9. The summed E-state index contributed by atoms with van der Waals surface area (Å²) in [5.41, 5.74) is 15.4. The predicted octanol–water partition coefficient (Wildman–Crippen LogP) is -1.49. The van der Waals surface area contributed by atoms with Crippen LogP contribution in [-0.4, -0.2) is 110 Å². The first-order valence-electron chi connectivity index (χ1n) is 14.5. The van der Waals surface area contributed by atoms with Gasteiger partial charge in [-0.15, -0.1) is 11.8 Å². The zero-order valence-electron chi connectivity index (χ0n) is 22.4. The smallest absolute Gasteiger partial charge is 0.236 e. The number of ketones is 1. The average molecular weight is 566 g/mol. The van der Waals surface area contributed by atoms with Gasteiger partial charge in [0.1, 0.15) is 18.4 Å². The number of nitrogens with two attached hydrogens (primary N) is 2. The van der Waals surface area contributed by atoms with Crippen molar-refractivity contribution >= 4 is 23.5 Å². The summed E-state index contributed by atoms with van der Waals surface area (Å²) in [7, 11) is 0. The van der Waals surface area contributed by atoms with E-state index in [1.54, 1.807) is 17.8 Å². The van der Waals surface area contributed by atoms with Crippen molar-refractivity contribution in [3.05, 3.63) is 11.1 Å². The number of hydrogen-bond donors (Lipinski definition) is 6. The average Bonchev–Trinajstić information content (AvgIpc) is 3.58. The highest BCUT2D eigenvalue weighted by molar-refractivity contribution is 8.03. The summed E-state index contributed by atoms with van der Waals surface area (Å²) >= 11 is 1.75. The fourth-order valence-corrected chi connectivity index (χ4v) is 8.56. The molecule has 0 aromatic heterocycles. The van der Waals surface area contributed by atoms with Crippen LogP contribution in [0.4, 0.5) is 0 Å². The minimum absolute atomic E-state index is 0.0274. The van der Waals surface area contributed by atoms with Gasteiger partial charge in [0.25, 0.3) is 0 Å². The summed E-state index contributed by atoms with van der Waals surface area (Å²) < 4.78 is 11.5. The lowest BCUT2D eigenvalue weighted by Gasteiger charge is -2.40. The Morgan fingerprint density at radius 1 is 1.13 bits per heavy atom. The lowest BCUT2D eigenvalue weighted by atomic mass is 9.88. The molecule has 13 heteroatoms. The molecule has 1 saturated carbocycles. The van der Waals surface area contributed by atoms with Crippen LogP contribution in [0.5, 0.6) is 0 Å². The third kappa shape index (κ3) is 6.16. The number of hydrogen-bond acceptors (Lipinski definition) is 12. The van der Waals surface area contributed by atoms with E-state index in [0.717, 1.165) is 37.4 Å². The molecule has 8 unspecified atom stereocenters. The molecule has 12 nitrogen and oxygen atoms in total. The number of piperidine rings is 1. The van der Waals surface area contributed by atoms with Crippen LogP contribution in [0, 0.1) is 5.92 Å². The molecule has 0 bridgehead atoms. The van der Waals surface area contributed by atoms with Gasteiger partial charge in [0.05, 0.1) is 30.1 Å². The number of fused-ring (bicyclic) bond motifs is 1. The Bertz CT molecular complexity index is 936. The molecule has 0 radical (unpaired) electrons. The van der Waals surface area contributed by atoms with Gasteiger partial charge in [-0.05, 0) is 19.3 Å². The standard InChI is InChI=1S/C26H43N7O5S/c27-16-3-1-2-4-17(16)30-14-9-19(23(26(28)35)29-12-14)31-21-10-18(32-38-21)15-13-37-24-20(34)11-22(39-25(15)24)33-5-7-36-8-6-33/h11,14-19,21,23-25,29-32H,1-10,12-13,27H2,(H2,28,35)/t14?,15?,16-,17+,18?,19?,21?,23?,24?,25?/m1/s1. The molecule has 5 heterocycles. The lowest BCUT2D eigenvalue weighted by molar-refractivity contribution is -0.123. The predicted molar refractivity (Wildman–Crippen MR) is 146 cm³/mol. The van der Waals surface area contributed by atoms with E-state index in [0.29, 0.717) is 38.8 Å². The summed E-state index contributed by atoms with van der Waals surface area (Å²) in [6, 6.07) is 0.0390. The van der Waals surface area contributed by atoms with Gasteiger partial charge in [-0.3, -0.25) is 19.7 Å². The summed E-state index contributed by atoms with van der Waals surface area (Å²) in [5.74, 6) is -0.196. The first-order chi connectivity index (χ1) is 19.0. The molecule has 0 aromatic rings. The second-order valence-corrected chi connectivity index (χ2v) is 13.0. The van der Waals surface area contributed by atoms with Crippen molar-refractivity contribution in [1.29, 1.82) is 0 Å². The van der Waals surface area contributed by atoms with Gasteiger partial charge in [-0.25, -0.2) is 0 Å². The van der Waals surface area contributed by atoms with E-state index in [1.807, 2.05) is 0 Å². The Labute approximate surface area is 234 Å². The van der Waals surface area contributed by atoms with Crippen molar-refractivity contribution in [2.24, 2.45) is 17.4 Å². The van der Waals surface area contributed by atoms with Crippen LogP contribution in [-0.2, 0) is 23.9 Å². The molecule has 8 N–H and O–H groups in total. The molecule has 10 atom stereocenters. The van der Waals surface area contributed by atoms with Crippen LogP contribution in [0.15, 0.2) is 11.1 Å². The summed E-state index contributed by atoms with van der Waals surface area (Å²) in [4.78, 5) is 33.4. The van der Waals surface area contributed by atoms with Crippen molar-refractivity contribution in [3.8, 4) is 0 Å². The zero-order chi connectivity index (χ0) is 26.9. The molecular weight excluding hydrogens is 522 g/mol. The topological polar surface area (TPSA) is 165 Å². The van der Waals surface area contributed by atoms with Gasteiger partial charge in [0.2, 0.25) is 5.91 Å². The van der Waals surface area contributed by atoms with E-state index in [4.69, 9.17) is 25.8 Å². The molecular formula is C26H43N7O5S. The number of amides is 1.